The molecule has 1 aliphatic heterocycles. The first-order chi connectivity index (χ1) is 12.0. The van der Waals surface area contributed by atoms with E-state index in [4.69, 9.17) is 16.1 Å². The molecule has 0 fully saturated rings. The summed E-state index contributed by atoms with van der Waals surface area (Å²) in [6.07, 6.45) is 3.55. The van der Waals surface area contributed by atoms with Crippen LogP contribution < -0.4 is 0 Å². The Hall–Kier alpha value is -3.00. The molecule has 0 saturated carbocycles. The van der Waals surface area contributed by atoms with Gasteiger partial charge >= 0.3 is 0 Å². The smallest absolute Gasteiger partial charge is 0.257 e. The summed E-state index contributed by atoms with van der Waals surface area (Å²) < 4.78 is 5.39. The van der Waals surface area contributed by atoms with Crippen LogP contribution in [0, 0.1) is 0 Å². The molecule has 0 spiro atoms. The van der Waals surface area contributed by atoms with Gasteiger partial charge in [-0.05, 0) is 6.07 Å². The van der Waals surface area contributed by atoms with Crippen molar-refractivity contribution in [1.82, 2.24) is 20.3 Å². The summed E-state index contributed by atoms with van der Waals surface area (Å²) in [4.78, 5) is 14.2. The van der Waals surface area contributed by atoms with Crippen LogP contribution in [0.3, 0.4) is 0 Å². The highest BCUT2D eigenvalue weighted by atomic mass is 35.5. The van der Waals surface area contributed by atoms with E-state index in [-0.39, 0.29) is 29.0 Å². The molecule has 1 aliphatic rings. The third kappa shape index (κ3) is 2.60. The third-order valence-electron chi connectivity index (χ3n) is 4.18. The molecule has 0 radical (unpaired) electrons. The molecule has 0 saturated heterocycles. The number of carbonyl (C=O) groups excluding carboxylic acids is 1. The number of aromatic hydroxyl groups is 2. The second kappa shape index (κ2) is 5.82. The van der Waals surface area contributed by atoms with E-state index in [0.717, 1.165) is 11.8 Å². The zero-order chi connectivity index (χ0) is 17.6. The lowest BCUT2D eigenvalue weighted by Crippen LogP contribution is -2.35. The van der Waals surface area contributed by atoms with E-state index < -0.39 is 0 Å². The maximum absolute atomic E-state index is 12.5. The maximum Gasteiger partial charge on any atom is 0.257 e. The largest absolute Gasteiger partial charge is 0.507 e. The van der Waals surface area contributed by atoms with Crippen molar-refractivity contribution in [1.29, 1.82) is 0 Å². The zero-order valence-electron chi connectivity index (χ0n) is 12.9. The Labute approximate surface area is 146 Å². The average Bonchev–Trinajstić information content (AvgIpc) is 3.26. The molecule has 4 rings (SSSR count). The van der Waals surface area contributed by atoms with Gasteiger partial charge in [-0.2, -0.15) is 5.10 Å². The van der Waals surface area contributed by atoms with Gasteiger partial charge in [-0.3, -0.25) is 9.89 Å². The number of phenolic OH excluding ortho intramolecular Hbond substituents is 2. The number of rotatable bonds is 2. The van der Waals surface area contributed by atoms with Crippen molar-refractivity contribution in [3.63, 3.8) is 0 Å². The third-order valence-corrected chi connectivity index (χ3v) is 4.48. The molecule has 0 unspecified atom stereocenters. The lowest BCUT2D eigenvalue weighted by Gasteiger charge is -2.26. The number of benzene rings is 1. The van der Waals surface area contributed by atoms with Crippen molar-refractivity contribution in [3.05, 3.63) is 46.4 Å². The van der Waals surface area contributed by atoms with Gasteiger partial charge in [-0.15, -0.1) is 0 Å². The summed E-state index contributed by atoms with van der Waals surface area (Å²) in [5.41, 5.74) is 2.22. The van der Waals surface area contributed by atoms with E-state index in [1.165, 1.54) is 18.5 Å². The van der Waals surface area contributed by atoms with Crippen molar-refractivity contribution in [2.45, 2.75) is 13.0 Å². The number of fused-ring (bicyclic) bond motifs is 1. The number of amides is 1. The summed E-state index contributed by atoms with van der Waals surface area (Å²) in [7, 11) is 0. The van der Waals surface area contributed by atoms with Gasteiger partial charge in [0.05, 0.1) is 34.6 Å². The summed E-state index contributed by atoms with van der Waals surface area (Å²) >= 11 is 5.93. The first-order valence-electron chi connectivity index (χ1n) is 7.52. The molecule has 0 atom stereocenters. The summed E-state index contributed by atoms with van der Waals surface area (Å²) in [6, 6.07) is 2.55. The molecule has 25 heavy (non-hydrogen) atoms. The van der Waals surface area contributed by atoms with E-state index in [1.54, 1.807) is 4.90 Å². The Morgan fingerprint density at radius 3 is 2.92 bits per heavy atom. The molecule has 128 valence electrons. The summed E-state index contributed by atoms with van der Waals surface area (Å²) in [5, 5.41) is 30.2. The monoisotopic (exact) mass is 360 g/mol. The molecule has 0 bridgehead atoms. The topological polar surface area (TPSA) is 115 Å². The lowest BCUT2D eigenvalue weighted by molar-refractivity contribution is 0.0734. The van der Waals surface area contributed by atoms with Gasteiger partial charge in [-0.1, -0.05) is 16.8 Å². The zero-order valence-corrected chi connectivity index (χ0v) is 13.6. The van der Waals surface area contributed by atoms with Crippen LogP contribution in [0.25, 0.3) is 11.3 Å². The Balaban J connectivity index is 1.70. The van der Waals surface area contributed by atoms with E-state index >= 15 is 0 Å². The first-order valence-corrected chi connectivity index (χ1v) is 7.89. The van der Waals surface area contributed by atoms with Crippen molar-refractivity contribution < 1.29 is 19.5 Å². The Bertz CT molecular complexity index is 951. The van der Waals surface area contributed by atoms with Gasteiger partial charge in [0.15, 0.2) is 5.76 Å². The van der Waals surface area contributed by atoms with Gasteiger partial charge in [-0.25, -0.2) is 0 Å². The van der Waals surface area contributed by atoms with Crippen LogP contribution in [0.1, 0.15) is 21.6 Å². The number of carbonyl (C=O) groups is 1. The fourth-order valence-electron chi connectivity index (χ4n) is 2.88. The highest BCUT2D eigenvalue weighted by molar-refractivity contribution is 6.32. The van der Waals surface area contributed by atoms with Gasteiger partial charge < -0.3 is 19.6 Å². The second-order valence-electron chi connectivity index (χ2n) is 5.72. The first kappa shape index (κ1) is 15.5. The minimum absolute atomic E-state index is 0.0834. The molecule has 1 amide bonds. The number of hydrogen-bond acceptors (Lipinski definition) is 6. The number of halogens is 1. The van der Waals surface area contributed by atoms with Gasteiger partial charge in [0.25, 0.3) is 5.91 Å². The van der Waals surface area contributed by atoms with Crippen LogP contribution in [0.15, 0.2) is 29.0 Å². The molecule has 3 heterocycles. The van der Waals surface area contributed by atoms with Crippen LogP contribution in [-0.2, 0) is 13.0 Å². The van der Waals surface area contributed by atoms with Crippen molar-refractivity contribution >= 4 is 17.5 Å². The van der Waals surface area contributed by atoms with Gasteiger partial charge in [0.1, 0.15) is 11.5 Å². The Morgan fingerprint density at radius 2 is 2.16 bits per heavy atom. The molecule has 9 heteroatoms. The molecule has 0 aliphatic carbocycles. The number of phenols is 2. The van der Waals surface area contributed by atoms with Crippen molar-refractivity contribution in [2.75, 3.05) is 6.54 Å². The summed E-state index contributed by atoms with van der Waals surface area (Å²) in [5.74, 6) is -0.231. The Kier molecular flexibility index (Phi) is 3.61. The molecule has 1 aromatic carbocycles. The molecule has 8 nitrogen and oxygen atoms in total. The SMILES string of the molecule is O=C(c1cn[nH]c1)N1CCc2noc(-c3cc(Cl)c(O)cc3O)c2C1. The number of aromatic nitrogens is 3. The highest BCUT2D eigenvalue weighted by Crippen LogP contribution is 2.40. The number of H-pyrrole nitrogens is 1. The average molecular weight is 361 g/mol. The summed E-state index contributed by atoms with van der Waals surface area (Å²) in [6.45, 7) is 0.793. The predicted molar refractivity (Wildman–Crippen MR) is 87.3 cm³/mol. The van der Waals surface area contributed by atoms with E-state index in [9.17, 15) is 15.0 Å². The fraction of sp³-hybridized carbons (Fsp3) is 0.188. The molecule has 3 aromatic rings. The molecular formula is C16H13ClN4O4. The molecule has 2 aromatic heterocycles. The van der Waals surface area contributed by atoms with Crippen molar-refractivity contribution in [2.24, 2.45) is 0 Å². The van der Waals surface area contributed by atoms with E-state index in [1.807, 2.05) is 0 Å². The van der Waals surface area contributed by atoms with Crippen molar-refractivity contribution in [3.8, 4) is 22.8 Å². The Morgan fingerprint density at radius 1 is 1.32 bits per heavy atom. The standard InChI is InChI=1S/C16H13ClN4O4/c17-11-3-9(13(22)4-14(11)23)15-10-7-21(2-1-12(10)20-25-15)16(24)8-5-18-19-6-8/h3-6,22-23H,1-2,7H2,(H,18,19). The highest BCUT2D eigenvalue weighted by Gasteiger charge is 2.29. The quantitative estimate of drug-likeness (QED) is 0.646. The van der Waals surface area contributed by atoms with Crippen LogP contribution in [-0.4, -0.2) is 42.9 Å². The number of hydrogen-bond donors (Lipinski definition) is 3. The van der Waals surface area contributed by atoms with Crippen LogP contribution in [0.2, 0.25) is 5.02 Å². The lowest BCUT2D eigenvalue weighted by atomic mass is 10.0. The van der Waals surface area contributed by atoms with Gasteiger partial charge in [0, 0.05) is 30.8 Å². The van der Waals surface area contributed by atoms with Crippen LogP contribution in [0.5, 0.6) is 11.5 Å². The minimum atomic E-state index is -0.229. The van der Waals surface area contributed by atoms with Crippen LogP contribution >= 0.6 is 11.6 Å². The van der Waals surface area contributed by atoms with Gasteiger partial charge in [0.2, 0.25) is 0 Å². The van der Waals surface area contributed by atoms with E-state index in [2.05, 4.69) is 15.4 Å². The number of aromatic amines is 1. The number of nitrogens with one attached hydrogen (secondary N) is 1. The maximum atomic E-state index is 12.5. The second-order valence-corrected chi connectivity index (χ2v) is 6.13. The van der Waals surface area contributed by atoms with E-state index in [0.29, 0.717) is 35.4 Å². The predicted octanol–water partition coefficient (Wildman–Crippen LogP) is 2.33. The minimum Gasteiger partial charge on any atom is -0.507 e. The van der Waals surface area contributed by atoms with Crippen LogP contribution in [0.4, 0.5) is 0 Å². The number of nitrogens with zero attached hydrogens (tertiary/aromatic N) is 3. The molecular weight excluding hydrogens is 348 g/mol. The molecule has 3 N–H and O–H groups in total. The normalized spacial score (nSPS) is 13.7. The fourth-order valence-corrected chi connectivity index (χ4v) is 3.04.